The van der Waals surface area contributed by atoms with Crippen molar-refractivity contribution in [3.63, 3.8) is 0 Å². The molecule has 0 saturated heterocycles. The third kappa shape index (κ3) is 3.90. The molecule has 0 aliphatic heterocycles. The zero-order valence-corrected chi connectivity index (χ0v) is 16.2. The minimum atomic E-state index is -0.480. The molecule has 6 heteroatoms. The predicted octanol–water partition coefficient (Wildman–Crippen LogP) is 4.78. The van der Waals surface area contributed by atoms with Crippen molar-refractivity contribution in [3.05, 3.63) is 80.3 Å². The van der Waals surface area contributed by atoms with Crippen LogP contribution in [0.3, 0.4) is 0 Å². The molecule has 1 heterocycles. The average Bonchev–Trinajstić information content (AvgIpc) is 2.63. The van der Waals surface area contributed by atoms with Crippen LogP contribution in [-0.2, 0) is 0 Å². The lowest BCUT2D eigenvalue weighted by Gasteiger charge is -2.12. The number of hydrogen-bond acceptors (Lipinski definition) is 4. The Hall–Kier alpha value is -2.99. The van der Waals surface area contributed by atoms with E-state index in [9.17, 15) is 9.90 Å². The molecular formula is C21H21N3O2S. The Morgan fingerprint density at radius 1 is 1.15 bits per heavy atom. The average molecular weight is 379 g/mol. The third-order valence-electron chi connectivity index (χ3n) is 4.30. The SMILES string of the molecule is Cc1ccc(-n2c(O)c(C=Nc3ccccc3C(C)C)c(=O)[nH]c2=S)cc1. The Bertz CT molecular complexity index is 1110. The standard InChI is InChI=1S/C21H21N3O2S/c1-13(2)16-6-4-5-7-18(16)22-12-17-19(25)23-21(27)24(20(17)26)15-10-8-14(3)9-11-15/h4-13,26H,1-3H3,(H,23,25,27). The van der Waals surface area contributed by atoms with Gasteiger partial charge in [-0.1, -0.05) is 49.7 Å². The van der Waals surface area contributed by atoms with Crippen molar-refractivity contribution in [1.29, 1.82) is 0 Å². The van der Waals surface area contributed by atoms with Gasteiger partial charge in [0.05, 0.1) is 11.4 Å². The summed E-state index contributed by atoms with van der Waals surface area (Å²) < 4.78 is 1.55. The van der Waals surface area contributed by atoms with Crippen LogP contribution in [0, 0.1) is 11.7 Å². The summed E-state index contributed by atoms with van der Waals surface area (Å²) in [6, 6.07) is 15.2. The van der Waals surface area contributed by atoms with Gasteiger partial charge in [0.15, 0.2) is 4.77 Å². The van der Waals surface area contributed by atoms with Crippen LogP contribution < -0.4 is 5.56 Å². The van der Waals surface area contributed by atoms with Gasteiger partial charge in [-0.25, -0.2) is 0 Å². The molecule has 0 saturated carbocycles. The maximum absolute atomic E-state index is 12.4. The van der Waals surface area contributed by atoms with Crippen LogP contribution in [0.25, 0.3) is 5.69 Å². The van der Waals surface area contributed by atoms with Crippen LogP contribution in [0.2, 0.25) is 0 Å². The van der Waals surface area contributed by atoms with Gasteiger partial charge in [-0.3, -0.25) is 19.3 Å². The fourth-order valence-electron chi connectivity index (χ4n) is 2.82. The van der Waals surface area contributed by atoms with E-state index in [2.05, 4.69) is 23.8 Å². The van der Waals surface area contributed by atoms with Gasteiger partial charge in [0.1, 0.15) is 5.56 Å². The highest BCUT2D eigenvalue weighted by Crippen LogP contribution is 2.26. The Balaban J connectivity index is 2.12. The second-order valence-electron chi connectivity index (χ2n) is 6.64. The highest BCUT2D eigenvalue weighted by Gasteiger charge is 2.13. The van der Waals surface area contributed by atoms with Crippen LogP contribution in [0.5, 0.6) is 5.88 Å². The van der Waals surface area contributed by atoms with Gasteiger partial charge in [0.25, 0.3) is 5.56 Å². The van der Waals surface area contributed by atoms with E-state index in [-0.39, 0.29) is 22.1 Å². The lowest BCUT2D eigenvalue weighted by atomic mass is 10.0. The summed E-state index contributed by atoms with van der Waals surface area (Å²) in [5.74, 6) is 0.0520. The molecule has 0 spiro atoms. The molecule has 0 unspecified atom stereocenters. The summed E-state index contributed by atoms with van der Waals surface area (Å²) in [5, 5.41) is 10.7. The normalized spacial score (nSPS) is 11.4. The molecule has 138 valence electrons. The number of aromatic hydroxyl groups is 1. The van der Waals surface area contributed by atoms with E-state index >= 15 is 0 Å². The van der Waals surface area contributed by atoms with Gasteiger partial charge in [-0.2, -0.15) is 0 Å². The minimum Gasteiger partial charge on any atom is -0.494 e. The molecule has 0 aliphatic carbocycles. The van der Waals surface area contributed by atoms with Gasteiger partial charge in [0, 0.05) is 6.21 Å². The molecule has 2 aromatic carbocycles. The van der Waals surface area contributed by atoms with Crippen molar-refractivity contribution in [3.8, 4) is 11.6 Å². The lowest BCUT2D eigenvalue weighted by Crippen LogP contribution is -2.18. The maximum atomic E-state index is 12.4. The first-order chi connectivity index (χ1) is 12.9. The number of hydrogen-bond donors (Lipinski definition) is 2. The monoisotopic (exact) mass is 379 g/mol. The first-order valence-electron chi connectivity index (χ1n) is 8.67. The Labute approximate surface area is 162 Å². The number of para-hydroxylation sites is 1. The van der Waals surface area contributed by atoms with Gasteiger partial charge < -0.3 is 5.11 Å². The largest absolute Gasteiger partial charge is 0.494 e. The molecule has 0 amide bonds. The molecule has 3 aromatic rings. The molecule has 3 rings (SSSR count). The van der Waals surface area contributed by atoms with E-state index in [1.54, 1.807) is 0 Å². The summed E-state index contributed by atoms with van der Waals surface area (Å²) in [6.45, 7) is 6.13. The van der Waals surface area contributed by atoms with Crippen molar-refractivity contribution >= 4 is 24.1 Å². The van der Waals surface area contributed by atoms with Gasteiger partial charge in [0.2, 0.25) is 5.88 Å². The Morgan fingerprint density at radius 3 is 2.48 bits per heavy atom. The van der Waals surface area contributed by atoms with Gasteiger partial charge in [-0.05, 0) is 48.8 Å². The number of nitrogens with one attached hydrogen (secondary N) is 1. The van der Waals surface area contributed by atoms with E-state index in [4.69, 9.17) is 12.2 Å². The molecule has 2 N–H and O–H groups in total. The quantitative estimate of drug-likeness (QED) is 0.506. The van der Waals surface area contributed by atoms with E-state index in [0.717, 1.165) is 16.8 Å². The van der Waals surface area contributed by atoms with Crippen LogP contribution in [0.1, 0.15) is 36.5 Å². The van der Waals surface area contributed by atoms with Crippen molar-refractivity contribution in [2.24, 2.45) is 4.99 Å². The second kappa shape index (κ2) is 7.72. The summed E-state index contributed by atoms with van der Waals surface area (Å²) in [6.07, 6.45) is 1.38. The number of aliphatic imine (C=N–C) groups is 1. The minimum absolute atomic E-state index is 0.0581. The Morgan fingerprint density at radius 2 is 1.81 bits per heavy atom. The number of rotatable bonds is 4. The fraction of sp³-hybridized carbons (Fsp3) is 0.190. The third-order valence-corrected chi connectivity index (χ3v) is 4.59. The molecule has 0 fully saturated rings. The Kier molecular flexibility index (Phi) is 5.37. The summed E-state index contributed by atoms with van der Waals surface area (Å²) in [7, 11) is 0. The first kappa shape index (κ1) is 18.8. The number of aromatic amines is 1. The van der Waals surface area contributed by atoms with Crippen LogP contribution in [-0.4, -0.2) is 20.9 Å². The van der Waals surface area contributed by atoms with Gasteiger partial charge >= 0.3 is 0 Å². The lowest BCUT2D eigenvalue weighted by molar-refractivity contribution is 0.432. The number of H-pyrrole nitrogens is 1. The molecule has 0 radical (unpaired) electrons. The molecule has 0 aliphatic rings. The number of aromatic nitrogens is 2. The second-order valence-corrected chi connectivity index (χ2v) is 7.03. The van der Waals surface area contributed by atoms with E-state index in [1.807, 2.05) is 55.5 Å². The summed E-state index contributed by atoms with van der Waals surface area (Å²) in [5.41, 5.74) is 3.15. The van der Waals surface area contributed by atoms with E-state index in [0.29, 0.717) is 5.69 Å². The van der Waals surface area contributed by atoms with E-state index in [1.165, 1.54) is 10.8 Å². The first-order valence-corrected chi connectivity index (χ1v) is 9.07. The van der Waals surface area contributed by atoms with Crippen LogP contribution in [0.4, 0.5) is 5.69 Å². The zero-order valence-electron chi connectivity index (χ0n) is 15.4. The summed E-state index contributed by atoms with van der Waals surface area (Å²) in [4.78, 5) is 19.4. The predicted molar refractivity (Wildman–Crippen MR) is 111 cm³/mol. The molecule has 5 nitrogen and oxygen atoms in total. The fourth-order valence-corrected chi connectivity index (χ4v) is 3.10. The van der Waals surface area contributed by atoms with Crippen LogP contribution >= 0.6 is 12.2 Å². The molecule has 1 aromatic heterocycles. The van der Waals surface area contributed by atoms with Gasteiger partial charge in [-0.15, -0.1) is 0 Å². The summed E-state index contributed by atoms with van der Waals surface area (Å²) >= 11 is 5.24. The highest BCUT2D eigenvalue weighted by molar-refractivity contribution is 7.71. The molecule has 0 atom stereocenters. The van der Waals surface area contributed by atoms with Crippen molar-refractivity contribution in [2.75, 3.05) is 0 Å². The number of benzene rings is 2. The smallest absolute Gasteiger partial charge is 0.264 e. The number of aryl methyl sites for hydroxylation is 1. The molecular weight excluding hydrogens is 358 g/mol. The number of nitrogens with zero attached hydrogens (tertiary/aromatic N) is 2. The maximum Gasteiger partial charge on any atom is 0.264 e. The zero-order chi connectivity index (χ0) is 19.6. The molecule has 27 heavy (non-hydrogen) atoms. The highest BCUT2D eigenvalue weighted by atomic mass is 32.1. The van der Waals surface area contributed by atoms with Crippen molar-refractivity contribution in [1.82, 2.24) is 9.55 Å². The van der Waals surface area contributed by atoms with E-state index < -0.39 is 5.56 Å². The van der Waals surface area contributed by atoms with Crippen molar-refractivity contribution in [2.45, 2.75) is 26.7 Å². The van der Waals surface area contributed by atoms with Crippen molar-refractivity contribution < 1.29 is 5.11 Å². The molecule has 0 bridgehead atoms. The topological polar surface area (TPSA) is 70.4 Å². The van der Waals surface area contributed by atoms with Crippen LogP contribution in [0.15, 0.2) is 58.3 Å².